The molecule has 0 atom stereocenters. The van der Waals surface area contributed by atoms with Crippen molar-refractivity contribution < 1.29 is 9.53 Å². The minimum Gasteiger partial charge on any atom is -0.373 e. The van der Waals surface area contributed by atoms with Gasteiger partial charge in [0.2, 0.25) is 0 Å². The van der Waals surface area contributed by atoms with E-state index < -0.39 is 0 Å². The lowest BCUT2D eigenvalue weighted by molar-refractivity contribution is 0.0760. The number of nitrogens with two attached hydrogens (primary N) is 1. The van der Waals surface area contributed by atoms with Crippen molar-refractivity contribution >= 4 is 5.78 Å². The first-order chi connectivity index (χ1) is 7.79. The largest absolute Gasteiger partial charge is 0.373 e. The summed E-state index contributed by atoms with van der Waals surface area (Å²) in [6, 6.07) is 7.57. The molecule has 0 saturated carbocycles. The van der Waals surface area contributed by atoms with Crippen molar-refractivity contribution in [1.29, 1.82) is 0 Å². The maximum atomic E-state index is 11.8. The summed E-state index contributed by atoms with van der Waals surface area (Å²) >= 11 is 0. The first-order valence-corrected chi connectivity index (χ1v) is 5.68. The van der Waals surface area contributed by atoms with Crippen molar-refractivity contribution in [3.05, 3.63) is 35.4 Å². The molecule has 0 aliphatic rings. The predicted molar refractivity (Wildman–Crippen MR) is 64.6 cm³/mol. The van der Waals surface area contributed by atoms with E-state index in [2.05, 4.69) is 0 Å². The van der Waals surface area contributed by atoms with Gasteiger partial charge in [-0.05, 0) is 24.9 Å². The minimum atomic E-state index is 0.0394. The molecule has 3 heteroatoms. The van der Waals surface area contributed by atoms with Gasteiger partial charge < -0.3 is 10.5 Å². The number of ether oxygens (including phenoxy) is 1. The lowest BCUT2D eigenvalue weighted by atomic mass is 10.0. The van der Waals surface area contributed by atoms with Gasteiger partial charge in [0.15, 0.2) is 5.78 Å². The van der Waals surface area contributed by atoms with Gasteiger partial charge in [0, 0.05) is 12.2 Å². The van der Waals surface area contributed by atoms with E-state index in [0.29, 0.717) is 13.2 Å². The third-order valence-electron chi connectivity index (χ3n) is 2.31. The van der Waals surface area contributed by atoms with Crippen LogP contribution in [-0.2, 0) is 11.2 Å². The highest BCUT2D eigenvalue weighted by atomic mass is 16.5. The van der Waals surface area contributed by atoms with E-state index in [1.807, 2.05) is 31.2 Å². The summed E-state index contributed by atoms with van der Waals surface area (Å²) in [4.78, 5) is 11.8. The van der Waals surface area contributed by atoms with E-state index in [1.54, 1.807) is 0 Å². The Morgan fingerprint density at radius 1 is 1.38 bits per heavy atom. The van der Waals surface area contributed by atoms with E-state index in [0.717, 1.165) is 24.0 Å². The molecule has 0 amide bonds. The lowest BCUT2D eigenvalue weighted by Gasteiger charge is -2.07. The van der Waals surface area contributed by atoms with Gasteiger partial charge >= 0.3 is 0 Å². The molecule has 2 N–H and O–H groups in total. The Hall–Kier alpha value is -1.19. The first kappa shape index (κ1) is 12.9. The maximum Gasteiger partial charge on any atom is 0.188 e. The van der Waals surface area contributed by atoms with Gasteiger partial charge in [0.25, 0.3) is 0 Å². The van der Waals surface area contributed by atoms with Gasteiger partial charge in [-0.1, -0.05) is 31.2 Å². The van der Waals surface area contributed by atoms with Crippen LogP contribution in [0.2, 0.25) is 0 Å². The molecule has 0 unspecified atom stereocenters. The van der Waals surface area contributed by atoms with E-state index in [4.69, 9.17) is 10.5 Å². The fraction of sp³-hybridized carbons (Fsp3) is 0.462. The molecule has 1 aromatic carbocycles. The Bertz CT molecular complexity index is 336. The van der Waals surface area contributed by atoms with Crippen LogP contribution in [0.3, 0.4) is 0 Å². The molecule has 0 radical (unpaired) electrons. The second-order valence-corrected chi connectivity index (χ2v) is 3.67. The molecular weight excluding hydrogens is 202 g/mol. The van der Waals surface area contributed by atoms with Gasteiger partial charge in [-0.2, -0.15) is 0 Å². The second kappa shape index (κ2) is 7.14. The SMILES string of the molecule is CCCOCC(=O)c1ccccc1CCN. The van der Waals surface area contributed by atoms with Crippen LogP contribution >= 0.6 is 0 Å². The van der Waals surface area contributed by atoms with Gasteiger partial charge in [-0.3, -0.25) is 4.79 Å². The molecule has 0 heterocycles. The molecule has 0 aliphatic heterocycles. The number of carbonyl (C=O) groups is 1. The highest BCUT2D eigenvalue weighted by molar-refractivity contribution is 5.98. The Balaban J connectivity index is 2.66. The van der Waals surface area contributed by atoms with Crippen LogP contribution in [0.5, 0.6) is 0 Å². The van der Waals surface area contributed by atoms with Gasteiger partial charge in [0.05, 0.1) is 0 Å². The molecule has 0 aliphatic carbocycles. The number of benzene rings is 1. The van der Waals surface area contributed by atoms with Crippen molar-refractivity contribution in [3.63, 3.8) is 0 Å². The summed E-state index contributed by atoms with van der Waals surface area (Å²) in [6.07, 6.45) is 1.66. The Labute approximate surface area is 96.6 Å². The van der Waals surface area contributed by atoms with Gasteiger partial charge in [-0.25, -0.2) is 0 Å². The van der Waals surface area contributed by atoms with Crippen LogP contribution in [0.1, 0.15) is 29.3 Å². The van der Waals surface area contributed by atoms with E-state index in [9.17, 15) is 4.79 Å². The van der Waals surface area contributed by atoms with Crippen molar-refractivity contribution in [3.8, 4) is 0 Å². The molecule has 0 saturated heterocycles. The highest BCUT2D eigenvalue weighted by Crippen LogP contribution is 2.10. The summed E-state index contributed by atoms with van der Waals surface area (Å²) in [6.45, 7) is 3.37. The van der Waals surface area contributed by atoms with Crippen LogP contribution < -0.4 is 5.73 Å². The van der Waals surface area contributed by atoms with E-state index in [1.165, 1.54) is 0 Å². The second-order valence-electron chi connectivity index (χ2n) is 3.67. The summed E-state index contributed by atoms with van der Waals surface area (Å²) in [5.41, 5.74) is 7.26. The smallest absolute Gasteiger partial charge is 0.188 e. The normalized spacial score (nSPS) is 10.4. The maximum absolute atomic E-state index is 11.8. The molecule has 0 bridgehead atoms. The number of rotatable bonds is 7. The quantitative estimate of drug-likeness (QED) is 0.564. The van der Waals surface area contributed by atoms with Crippen molar-refractivity contribution in [1.82, 2.24) is 0 Å². The van der Waals surface area contributed by atoms with Crippen LogP contribution in [0.15, 0.2) is 24.3 Å². The Morgan fingerprint density at radius 3 is 2.81 bits per heavy atom. The average molecular weight is 221 g/mol. The number of ketones is 1. The molecular formula is C13H19NO2. The van der Waals surface area contributed by atoms with Crippen LogP contribution in [0.25, 0.3) is 0 Å². The lowest BCUT2D eigenvalue weighted by Crippen LogP contribution is -2.13. The zero-order chi connectivity index (χ0) is 11.8. The molecule has 3 nitrogen and oxygen atoms in total. The molecule has 1 rings (SSSR count). The number of carbonyl (C=O) groups excluding carboxylic acids is 1. The monoisotopic (exact) mass is 221 g/mol. The van der Waals surface area contributed by atoms with Crippen molar-refractivity contribution in [2.75, 3.05) is 19.8 Å². The molecule has 0 aromatic heterocycles. The van der Waals surface area contributed by atoms with Crippen LogP contribution in [0.4, 0.5) is 0 Å². The zero-order valence-electron chi connectivity index (χ0n) is 9.74. The van der Waals surface area contributed by atoms with E-state index in [-0.39, 0.29) is 12.4 Å². The van der Waals surface area contributed by atoms with Crippen molar-refractivity contribution in [2.45, 2.75) is 19.8 Å². The fourth-order valence-electron chi connectivity index (χ4n) is 1.55. The molecule has 1 aromatic rings. The van der Waals surface area contributed by atoms with Gasteiger partial charge in [-0.15, -0.1) is 0 Å². The zero-order valence-corrected chi connectivity index (χ0v) is 9.74. The third kappa shape index (κ3) is 3.76. The highest BCUT2D eigenvalue weighted by Gasteiger charge is 2.09. The van der Waals surface area contributed by atoms with Crippen LogP contribution in [-0.4, -0.2) is 25.5 Å². The van der Waals surface area contributed by atoms with Gasteiger partial charge in [0.1, 0.15) is 6.61 Å². The third-order valence-corrected chi connectivity index (χ3v) is 2.31. The molecule has 0 spiro atoms. The summed E-state index contributed by atoms with van der Waals surface area (Å²) in [7, 11) is 0. The van der Waals surface area contributed by atoms with Crippen LogP contribution in [0, 0.1) is 0 Å². The standard InChI is InChI=1S/C13H19NO2/c1-2-9-16-10-13(15)12-6-4-3-5-11(12)7-8-14/h3-6H,2,7-10,14H2,1H3. The fourth-order valence-corrected chi connectivity index (χ4v) is 1.55. The topological polar surface area (TPSA) is 52.3 Å². The Morgan fingerprint density at radius 2 is 2.12 bits per heavy atom. The minimum absolute atomic E-state index is 0.0394. The summed E-state index contributed by atoms with van der Waals surface area (Å²) in [5.74, 6) is 0.0394. The Kier molecular flexibility index (Phi) is 5.75. The number of hydrogen-bond donors (Lipinski definition) is 1. The molecule has 0 fully saturated rings. The molecule has 88 valence electrons. The first-order valence-electron chi connectivity index (χ1n) is 5.68. The molecule has 16 heavy (non-hydrogen) atoms. The summed E-state index contributed by atoms with van der Waals surface area (Å²) in [5, 5.41) is 0. The number of Topliss-reactive ketones (excluding diaryl/α,β-unsaturated/α-hetero) is 1. The summed E-state index contributed by atoms with van der Waals surface area (Å²) < 4.78 is 5.25. The number of hydrogen-bond acceptors (Lipinski definition) is 3. The van der Waals surface area contributed by atoms with E-state index >= 15 is 0 Å². The average Bonchev–Trinajstić information content (AvgIpc) is 2.30. The van der Waals surface area contributed by atoms with Crippen molar-refractivity contribution in [2.24, 2.45) is 5.73 Å². The predicted octanol–water partition coefficient (Wildman–Crippen LogP) is 1.80.